The molecule has 0 aromatic carbocycles. The van der Waals surface area contributed by atoms with E-state index in [0.717, 1.165) is 25.2 Å². The summed E-state index contributed by atoms with van der Waals surface area (Å²) in [6.45, 7) is 3.54. The summed E-state index contributed by atoms with van der Waals surface area (Å²) in [5, 5.41) is 8.65. The molecule has 1 heterocycles. The van der Waals surface area contributed by atoms with Crippen LogP contribution in [0.3, 0.4) is 0 Å². The molecule has 98 valence electrons. The SMILES string of the molecule is N#CCCN(CCOCCCl)Cc1cccnc1. The Hall–Kier alpha value is -1.15. The quantitative estimate of drug-likeness (QED) is 0.508. The maximum Gasteiger partial charge on any atom is 0.0635 e. The second kappa shape index (κ2) is 9.84. The first-order chi connectivity index (χ1) is 8.86. The van der Waals surface area contributed by atoms with Crippen molar-refractivity contribution < 1.29 is 4.74 Å². The van der Waals surface area contributed by atoms with Crippen molar-refractivity contribution in [1.82, 2.24) is 9.88 Å². The number of ether oxygens (including phenoxy) is 1. The van der Waals surface area contributed by atoms with Gasteiger partial charge in [0, 0.05) is 44.3 Å². The monoisotopic (exact) mass is 267 g/mol. The third-order valence-corrected chi connectivity index (χ3v) is 2.60. The lowest BCUT2D eigenvalue weighted by Gasteiger charge is -2.20. The van der Waals surface area contributed by atoms with Crippen molar-refractivity contribution in [3.63, 3.8) is 0 Å². The predicted molar refractivity (Wildman–Crippen MR) is 71.3 cm³/mol. The van der Waals surface area contributed by atoms with E-state index in [9.17, 15) is 0 Å². The minimum absolute atomic E-state index is 0.515. The fourth-order valence-electron chi connectivity index (χ4n) is 1.58. The summed E-state index contributed by atoms with van der Waals surface area (Å²) in [5.41, 5.74) is 1.15. The van der Waals surface area contributed by atoms with Crippen molar-refractivity contribution in [3.8, 4) is 6.07 Å². The van der Waals surface area contributed by atoms with Gasteiger partial charge in [-0.25, -0.2) is 0 Å². The number of nitrogens with zero attached hydrogens (tertiary/aromatic N) is 3. The standard InChI is InChI=1S/C13H18ClN3O/c14-4-9-18-10-8-17(7-2-5-15)12-13-3-1-6-16-11-13/h1,3,6,11H,2,4,7-10,12H2. The molecular weight excluding hydrogens is 250 g/mol. The molecule has 0 unspecified atom stereocenters. The number of nitriles is 1. The zero-order valence-corrected chi connectivity index (χ0v) is 11.1. The third-order valence-electron chi connectivity index (χ3n) is 2.44. The van der Waals surface area contributed by atoms with Crippen molar-refractivity contribution in [2.75, 3.05) is 32.2 Å². The maximum atomic E-state index is 8.65. The molecule has 1 aromatic heterocycles. The Bertz CT molecular complexity index is 353. The van der Waals surface area contributed by atoms with Crippen molar-refractivity contribution in [1.29, 1.82) is 5.26 Å². The smallest absolute Gasteiger partial charge is 0.0635 e. The number of rotatable bonds is 9. The summed E-state index contributed by atoms with van der Waals surface area (Å²) >= 11 is 5.54. The number of halogens is 1. The van der Waals surface area contributed by atoms with Gasteiger partial charge in [-0.1, -0.05) is 6.07 Å². The van der Waals surface area contributed by atoms with E-state index in [1.807, 2.05) is 18.3 Å². The van der Waals surface area contributed by atoms with Crippen molar-refractivity contribution in [2.24, 2.45) is 0 Å². The van der Waals surface area contributed by atoms with E-state index in [0.29, 0.717) is 25.5 Å². The molecule has 0 saturated carbocycles. The van der Waals surface area contributed by atoms with Crippen LogP contribution >= 0.6 is 11.6 Å². The largest absolute Gasteiger partial charge is 0.379 e. The zero-order chi connectivity index (χ0) is 13.1. The Balaban J connectivity index is 2.37. The van der Waals surface area contributed by atoms with Crippen LogP contribution in [0.25, 0.3) is 0 Å². The first kappa shape index (κ1) is 14.9. The number of hydrogen-bond acceptors (Lipinski definition) is 4. The van der Waals surface area contributed by atoms with Crippen LogP contribution in [0.5, 0.6) is 0 Å². The Morgan fingerprint density at radius 3 is 2.94 bits per heavy atom. The molecule has 0 saturated heterocycles. The van der Waals surface area contributed by atoms with Crippen LogP contribution in [0.2, 0.25) is 0 Å². The van der Waals surface area contributed by atoms with Gasteiger partial charge < -0.3 is 4.74 Å². The molecule has 0 N–H and O–H groups in total. The molecule has 0 fully saturated rings. The molecule has 0 aliphatic heterocycles. The van der Waals surface area contributed by atoms with E-state index < -0.39 is 0 Å². The van der Waals surface area contributed by atoms with Gasteiger partial charge in [-0.3, -0.25) is 9.88 Å². The van der Waals surface area contributed by atoms with E-state index in [2.05, 4.69) is 16.0 Å². The van der Waals surface area contributed by atoms with Crippen molar-refractivity contribution >= 4 is 11.6 Å². The van der Waals surface area contributed by atoms with Crippen molar-refractivity contribution in [2.45, 2.75) is 13.0 Å². The van der Waals surface area contributed by atoms with Gasteiger partial charge in [0.25, 0.3) is 0 Å². The second-order valence-electron chi connectivity index (χ2n) is 3.85. The van der Waals surface area contributed by atoms with Gasteiger partial charge in [-0.05, 0) is 11.6 Å². The average molecular weight is 268 g/mol. The fraction of sp³-hybridized carbons (Fsp3) is 0.538. The molecule has 4 nitrogen and oxygen atoms in total. The minimum Gasteiger partial charge on any atom is -0.379 e. The summed E-state index contributed by atoms with van der Waals surface area (Å²) in [6.07, 6.45) is 4.13. The Morgan fingerprint density at radius 2 is 2.28 bits per heavy atom. The van der Waals surface area contributed by atoms with E-state index in [-0.39, 0.29) is 0 Å². The molecule has 1 aromatic rings. The first-order valence-electron chi connectivity index (χ1n) is 5.98. The van der Waals surface area contributed by atoms with E-state index in [4.69, 9.17) is 21.6 Å². The minimum atomic E-state index is 0.515. The van der Waals surface area contributed by atoms with E-state index in [1.165, 1.54) is 0 Å². The molecule has 0 bridgehead atoms. The highest BCUT2D eigenvalue weighted by atomic mass is 35.5. The molecule has 0 radical (unpaired) electrons. The molecule has 0 spiro atoms. The first-order valence-corrected chi connectivity index (χ1v) is 6.52. The highest BCUT2D eigenvalue weighted by molar-refractivity contribution is 6.17. The fourth-order valence-corrected chi connectivity index (χ4v) is 1.69. The summed E-state index contributed by atoms with van der Waals surface area (Å²) in [4.78, 5) is 6.28. The molecule has 18 heavy (non-hydrogen) atoms. The average Bonchev–Trinajstić information content (AvgIpc) is 2.41. The van der Waals surface area contributed by atoms with Gasteiger partial charge in [-0.2, -0.15) is 5.26 Å². The molecular formula is C13H18ClN3O. The molecule has 0 aliphatic rings. The summed E-state index contributed by atoms with van der Waals surface area (Å²) in [6, 6.07) is 6.12. The zero-order valence-electron chi connectivity index (χ0n) is 10.4. The lowest BCUT2D eigenvalue weighted by atomic mass is 10.2. The number of pyridine rings is 1. The normalized spacial score (nSPS) is 10.5. The van der Waals surface area contributed by atoms with Crippen LogP contribution in [-0.2, 0) is 11.3 Å². The van der Waals surface area contributed by atoms with Crippen LogP contribution < -0.4 is 0 Å². The van der Waals surface area contributed by atoms with E-state index >= 15 is 0 Å². The van der Waals surface area contributed by atoms with Gasteiger partial charge in [0.1, 0.15) is 0 Å². The number of aromatic nitrogens is 1. The predicted octanol–water partition coefficient (Wildman–Crippen LogP) is 2.05. The Kier molecular flexibility index (Phi) is 8.15. The van der Waals surface area contributed by atoms with Crippen molar-refractivity contribution in [3.05, 3.63) is 30.1 Å². The lowest BCUT2D eigenvalue weighted by Crippen LogP contribution is -2.28. The Morgan fingerprint density at radius 1 is 1.39 bits per heavy atom. The molecule has 0 atom stereocenters. The van der Waals surface area contributed by atoms with Crippen LogP contribution in [0.1, 0.15) is 12.0 Å². The van der Waals surface area contributed by atoms with E-state index in [1.54, 1.807) is 6.20 Å². The summed E-state index contributed by atoms with van der Waals surface area (Å²) in [5.74, 6) is 0.515. The van der Waals surface area contributed by atoms with Gasteiger partial charge in [0.05, 0.1) is 19.3 Å². The van der Waals surface area contributed by atoms with Crippen LogP contribution in [0.15, 0.2) is 24.5 Å². The highest BCUT2D eigenvalue weighted by Gasteiger charge is 2.05. The highest BCUT2D eigenvalue weighted by Crippen LogP contribution is 2.03. The molecule has 0 amide bonds. The third kappa shape index (κ3) is 6.55. The topological polar surface area (TPSA) is 49.2 Å². The number of hydrogen-bond donors (Lipinski definition) is 0. The maximum absolute atomic E-state index is 8.65. The van der Waals surface area contributed by atoms with Crippen LogP contribution in [0.4, 0.5) is 0 Å². The van der Waals surface area contributed by atoms with Gasteiger partial charge in [0.2, 0.25) is 0 Å². The van der Waals surface area contributed by atoms with Gasteiger partial charge in [0.15, 0.2) is 0 Å². The van der Waals surface area contributed by atoms with Gasteiger partial charge in [-0.15, -0.1) is 11.6 Å². The lowest BCUT2D eigenvalue weighted by molar-refractivity contribution is 0.113. The van der Waals surface area contributed by atoms with Gasteiger partial charge >= 0.3 is 0 Å². The molecule has 5 heteroatoms. The molecule has 1 rings (SSSR count). The summed E-state index contributed by atoms with van der Waals surface area (Å²) in [7, 11) is 0. The Labute approximate surface area is 113 Å². The molecule has 0 aliphatic carbocycles. The summed E-state index contributed by atoms with van der Waals surface area (Å²) < 4.78 is 5.36. The van der Waals surface area contributed by atoms with Crippen LogP contribution in [0, 0.1) is 11.3 Å². The number of alkyl halides is 1. The second-order valence-corrected chi connectivity index (χ2v) is 4.22. The van der Waals surface area contributed by atoms with Crippen LogP contribution in [-0.4, -0.2) is 42.1 Å².